The van der Waals surface area contributed by atoms with Crippen LogP contribution in [0.3, 0.4) is 0 Å². The Morgan fingerprint density at radius 1 is 1.39 bits per heavy atom. The monoisotopic (exact) mass is 308 g/mol. The van der Waals surface area contributed by atoms with Crippen LogP contribution in [0.5, 0.6) is 0 Å². The molecule has 0 bridgehead atoms. The number of benzene rings is 1. The Hall–Kier alpha value is -0.800. The predicted octanol–water partition coefficient (Wildman–Crippen LogP) is 3.89. The van der Waals surface area contributed by atoms with Crippen LogP contribution in [0, 0.1) is 0 Å². The van der Waals surface area contributed by atoms with Gasteiger partial charge in [0.05, 0.1) is 5.69 Å². The molecule has 1 aromatic rings. The van der Waals surface area contributed by atoms with Gasteiger partial charge in [0.25, 0.3) is 0 Å². The summed E-state index contributed by atoms with van der Waals surface area (Å²) in [6.07, 6.45) is 5.64. The fraction of sp³-hybridized carbons (Fsp3) is 0.467. The Kier molecular flexibility index (Phi) is 4.84. The lowest BCUT2D eigenvalue weighted by Crippen LogP contribution is -2.27. The number of hydrogen-bond acceptors (Lipinski definition) is 2. The molecule has 0 aromatic heterocycles. The van der Waals surface area contributed by atoms with Gasteiger partial charge in [0.1, 0.15) is 0 Å². The Labute approximate surface area is 118 Å². The quantitative estimate of drug-likeness (QED) is 0.849. The Morgan fingerprint density at radius 2 is 2.22 bits per heavy atom. The second-order valence-corrected chi connectivity index (χ2v) is 5.55. The van der Waals surface area contributed by atoms with E-state index in [4.69, 9.17) is 0 Å². The topological polar surface area (TPSA) is 15.3 Å². The molecule has 0 radical (unpaired) electrons. The van der Waals surface area contributed by atoms with Crippen molar-refractivity contribution >= 4 is 21.6 Å². The van der Waals surface area contributed by atoms with Crippen molar-refractivity contribution in [2.75, 3.05) is 24.5 Å². The van der Waals surface area contributed by atoms with E-state index in [-0.39, 0.29) is 0 Å². The number of rotatable bonds is 4. The van der Waals surface area contributed by atoms with Crippen molar-refractivity contribution in [1.29, 1.82) is 0 Å². The molecule has 1 aliphatic rings. The minimum absolute atomic E-state index is 0.404. The summed E-state index contributed by atoms with van der Waals surface area (Å²) in [5.74, 6) is 0. The Morgan fingerprint density at radius 3 is 2.83 bits per heavy atom. The molecule has 2 rings (SSSR count). The third kappa shape index (κ3) is 3.15. The first kappa shape index (κ1) is 13.6. The fourth-order valence-corrected chi connectivity index (χ4v) is 2.98. The summed E-state index contributed by atoms with van der Waals surface area (Å²) in [4.78, 5) is 2.41. The molecule has 3 heteroatoms. The van der Waals surface area contributed by atoms with Crippen LogP contribution in [0.4, 0.5) is 5.69 Å². The molecule has 0 aliphatic carbocycles. The maximum atomic E-state index is 3.71. The first-order valence-electron chi connectivity index (χ1n) is 6.65. The normalized spacial score (nSPS) is 16.9. The van der Waals surface area contributed by atoms with Crippen LogP contribution in [0.25, 0.3) is 0 Å². The first-order chi connectivity index (χ1) is 8.72. The summed E-state index contributed by atoms with van der Waals surface area (Å²) in [7, 11) is 0. The molecule has 1 aliphatic heterocycles. The zero-order valence-electron chi connectivity index (χ0n) is 11.1. The molecule has 1 heterocycles. The number of halogens is 1. The van der Waals surface area contributed by atoms with Gasteiger partial charge >= 0.3 is 0 Å². The smallest absolute Gasteiger partial charge is 0.0513 e. The van der Waals surface area contributed by atoms with Crippen LogP contribution in [0.1, 0.15) is 31.9 Å². The van der Waals surface area contributed by atoms with Crippen molar-refractivity contribution in [3.05, 3.63) is 40.4 Å². The molecule has 1 atom stereocenters. The van der Waals surface area contributed by atoms with E-state index >= 15 is 0 Å². The van der Waals surface area contributed by atoms with Gasteiger partial charge in [-0.15, -0.1) is 0 Å². The van der Waals surface area contributed by atoms with Gasteiger partial charge in [0.2, 0.25) is 0 Å². The van der Waals surface area contributed by atoms with Gasteiger partial charge in [-0.3, -0.25) is 0 Å². The van der Waals surface area contributed by atoms with E-state index in [1.807, 2.05) is 0 Å². The van der Waals surface area contributed by atoms with Gasteiger partial charge in [-0.2, -0.15) is 0 Å². The van der Waals surface area contributed by atoms with E-state index in [1.54, 1.807) is 0 Å². The van der Waals surface area contributed by atoms with E-state index in [2.05, 4.69) is 70.3 Å². The number of hydrogen-bond donors (Lipinski definition) is 1. The highest BCUT2D eigenvalue weighted by Crippen LogP contribution is 2.30. The summed E-state index contributed by atoms with van der Waals surface area (Å²) >= 11 is 3.71. The van der Waals surface area contributed by atoms with Crippen LogP contribution < -0.4 is 10.2 Å². The highest BCUT2D eigenvalue weighted by atomic mass is 79.9. The van der Waals surface area contributed by atoms with Crippen LogP contribution in [-0.4, -0.2) is 19.6 Å². The van der Waals surface area contributed by atoms with Crippen molar-refractivity contribution in [3.63, 3.8) is 0 Å². The van der Waals surface area contributed by atoms with Gasteiger partial charge in [-0.05, 0) is 53.5 Å². The van der Waals surface area contributed by atoms with Gasteiger partial charge < -0.3 is 10.2 Å². The Bertz CT molecular complexity index is 429. The van der Waals surface area contributed by atoms with Crippen LogP contribution >= 0.6 is 15.9 Å². The minimum atomic E-state index is 0.404. The van der Waals surface area contributed by atoms with Gasteiger partial charge in [0, 0.05) is 23.6 Å². The summed E-state index contributed by atoms with van der Waals surface area (Å²) in [5.41, 5.74) is 2.63. The van der Waals surface area contributed by atoms with Crippen molar-refractivity contribution in [2.24, 2.45) is 0 Å². The average Bonchev–Trinajstić information content (AvgIpc) is 2.40. The number of nitrogens with zero attached hydrogens (tertiary/aromatic N) is 1. The summed E-state index contributed by atoms with van der Waals surface area (Å²) in [5, 5.41) is 3.44. The molecule has 0 saturated carbocycles. The third-order valence-corrected chi connectivity index (χ3v) is 4.02. The van der Waals surface area contributed by atoms with Crippen molar-refractivity contribution < 1.29 is 0 Å². The minimum Gasteiger partial charge on any atom is -0.367 e. The second kappa shape index (κ2) is 6.39. The molecular weight excluding hydrogens is 288 g/mol. The van der Waals surface area contributed by atoms with Crippen LogP contribution in [0.15, 0.2) is 34.8 Å². The molecule has 0 amide bonds. The maximum Gasteiger partial charge on any atom is 0.0513 e. The predicted molar refractivity (Wildman–Crippen MR) is 82.2 cm³/mol. The lowest BCUT2D eigenvalue weighted by Gasteiger charge is -2.27. The van der Waals surface area contributed by atoms with E-state index in [1.165, 1.54) is 15.7 Å². The van der Waals surface area contributed by atoms with Crippen LogP contribution in [0.2, 0.25) is 0 Å². The average molecular weight is 309 g/mol. The molecule has 1 N–H and O–H groups in total. The molecule has 98 valence electrons. The number of nitrogens with one attached hydrogen (secondary N) is 1. The number of anilines is 1. The summed E-state index contributed by atoms with van der Waals surface area (Å²) in [6, 6.07) is 7.10. The zero-order chi connectivity index (χ0) is 13.0. The van der Waals surface area contributed by atoms with Crippen LogP contribution in [-0.2, 0) is 0 Å². The molecule has 0 fully saturated rings. The van der Waals surface area contributed by atoms with Gasteiger partial charge in [-0.1, -0.05) is 25.1 Å². The summed E-state index contributed by atoms with van der Waals surface area (Å²) in [6.45, 7) is 7.46. The Balaban J connectivity index is 2.16. The molecule has 1 unspecified atom stereocenters. The van der Waals surface area contributed by atoms with E-state index in [9.17, 15) is 0 Å². The maximum absolute atomic E-state index is 3.71. The van der Waals surface area contributed by atoms with E-state index in [0.29, 0.717) is 6.04 Å². The van der Waals surface area contributed by atoms with Crippen molar-refractivity contribution in [1.82, 2.24) is 5.32 Å². The van der Waals surface area contributed by atoms with Gasteiger partial charge in [-0.25, -0.2) is 0 Å². The molecule has 0 saturated heterocycles. The molecular formula is C15H21BrN2. The lowest BCUT2D eigenvalue weighted by atomic mass is 10.1. The van der Waals surface area contributed by atoms with E-state index in [0.717, 1.165) is 26.1 Å². The molecule has 0 spiro atoms. The second-order valence-electron chi connectivity index (χ2n) is 4.70. The lowest BCUT2D eigenvalue weighted by molar-refractivity contribution is 0.598. The molecule has 1 aromatic carbocycles. The SMILES string of the molecule is CCNC(C)c1ccc(N2CC=CCC2)c(Br)c1. The largest absolute Gasteiger partial charge is 0.367 e. The molecule has 2 nitrogen and oxygen atoms in total. The summed E-state index contributed by atoms with van der Waals surface area (Å²) < 4.78 is 1.19. The highest BCUT2D eigenvalue weighted by Gasteiger charge is 2.12. The van der Waals surface area contributed by atoms with Gasteiger partial charge in [0.15, 0.2) is 0 Å². The fourth-order valence-electron chi connectivity index (χ4n) is 2.33. The zero-order valence-corrected chi connectivity index (χ0v) is 12.7. The molecule has 18 heavy (non-hydrogen) atoms. The highest BCUT2D eigenvalue weighted by molar-refractivity contribution is 9.10. The van der Waals surface area contributed by atoms with Crippen molar-refractivity contribution in [2.45, 2.75) is 26.3 Å². The standard InChI is InChI=1S/C15H21BrN2/c1-3-17-12(2)13-7-8-15(14(16)11-13)18-9-5-4-6-10-18/h4-5,7-8,11-12,17H,3,6,9-10H2,1-2H3. The van der Waals surface area contributed by atoms with Crippen molar-refractivity contribution in [3.8, 4) is 0 Å². The first-order valence-corrected chi connectivity index (χ1v) is 7.44. The van der Waals surface area contributed by atoms with E-state index < -0.39 is 0 Å². The third-order valence-electron chi connectivity index (χ3n) is 3.38.